The Morgan fingerprint density at radius 1 is 1.26 bits per heavy atom. The summed E-state index contributed by atoms with van der Waals surface area (Å²) in [5.41, 5.74) is 3.38. The van der Waals surface area contributed by atoms with Crippen molar-refractivity contribution < 1.29 is 9.84 Å². The van der Waals surface area contributed by atoms with E-state index in [2.05, 4.69) is 23.5 Å². The second-order valence-corrected chi connectivity index (χ2v) is 6.52. The summed E-state index contributed by atoms with van der Waals surface area (Å²) in [6.07, 6.45) is 5.56. The summed E-state index contributed by atoms with van der Waals surface area (Å²) in [6.45, 7) is 0. The lowest BCUT2D eigenvalue weighted by atomic mass is 9.77. The fraction of sp³-hybridized carbons (Fsp3) is 0.263. The number of aromatic hydroxyl groups is 1. The average molecular weight is 328 g/mol. The third-order valence-electron chi connectivity index (χ3n) is 4.91. The van der Waals surface area contributed by atoms with Gasteiger partial charge in [-0.05, 0) is 41.7 Å². The van der Waals surface area contributed by atoms with Gasteiger partial charge in [0.05, 0.1) is 23.9 Å². The van der Waals surface area contributed by atoms with Crippen LogP contribution in [0.5, 0.6) is 11.5 Å². The van der Waals surface area contributed by atoms with E-state index in [9.17, 15) is 5.11 Å². The topological polar surface area (TPSA) is 41.5 Å². The molecule has 0 radical (unpaired) electrons. The molecule has 2 aromatic rings. The highest BCUT2D eigenvalue weighted by atomic mass is 35.5. The van der Waals surface area contributed by atoms with E-state index in [4.69, 9.17) is 16.3 Å². The molecule has 0 fully saturated rings. The number of fused-ring (bicyclic) bond motifs is 3. The number of hydrogen-bond donors (Lipinski definition) is 2. The molecule has 2 aromatic carbocycles. The first-order valence-corrected chi connectivity index (χ1v) is 8.15. The highest BCUT2D eigenvalue weighted by molar-refractivity contribution is 6.33. The van der Waals surface area contributed by atoms with E-state index in [-0.39, 0.29) is 11.8 Å². The summed E-state index contributed by atoms with van der Waals surface area (Å²) in [5.74, 6) is 1.47. The second kappa shape index (κ2) is 5.50. The molecule has 3 atom stereocenters. The van der Waals surface area contributed by atoms with Crippen molar-refractivity contribution in [2.24, 2.45) is 5.92 Å². The normalized spacial score (nSPS) is 24.7. The molecule has 2 aliphatic rings. The lowest BCUT2D eigenvalue weighted by Gasteiger charge is -2.38. The van der Waals surface area contributed by atoms with Crippen LogP contribution < -0.4 is 10.1 Å². The van der Waals surface area contributed by atoms with Crippen LogP contribution in [0.3, 0.4) is 0 Å². The molecule has 0 spiro atoms. The van der Waals surface area contributed by atoms with Gasteiger partial charge in [0.25, 0.3) is 0 Å². The Bertz CT molecular complexity index is 787. The molecule has 118 valence electrons. The van der Waals surface area contributed by atoms with Crippen molar-refractivity contribution in [2.75, 3.05) is 12.4 Å². The molecule has 1 aliphatic heterocycles. The smallest absolute Gasteiger partial charge is 0.160 e. The van der Waals surface area contributed by atoms with Crippen molar-refractivity contribution in [2.45, 2.75) is 18.4 Å². The summed E-state index contributed by atoms with van der Waals surface area (Å²) in [6, 6.07) is 11.8. The standard InChI is InChI=1S/C19H18ClNO2/c1-23-17-10-11(8-9-16(17)22)18-13-5-2-4-12(13)14-6-3-7-15(20)19(14)21-18/h2-4,6-10,12-13,18,21-22H,5H2,1H3. The molecule has 4 rings (SSSR count). The minimum Gasteiger partial charge on any atom is -0.504 e. The highest BCUT2D eigenvalue weighted by Crippen LogP contribution is 2.51. The van der Waals surface area contributed by atoms with E-state index in [0.717, 1.165) is 22.7 Å². The van der Waals surface area contributed by atoms with Crippen molar-refractivity contribution >= 4 is 17.3 Å². The number of phenols is 1. The zero-order valence-corrected chi connectivity index (χ0v) is 13.5. The maximum Gasteiger partial charge on any atom is 0.160 e. The van der Waals surface area contributed by atoms with Crippen LogP contribution in [0, 0.1) is 5.92 Å². The number of nitrogens with one attached hydrogen (secondary N) is 1. The zero-order chi connectivity index (χ0) is 16.0. The molecule has 0 bridgehead atoms. The van der Waals surface area contributed by atoms with E-state index in [1.807, 2.05) is 24.3 Å². The molecule has 0 aromatic heterocycles. The number of halogens is 1. The summed E-state index contributed by atoms with van der Waals surface area (Å²) >= 11 is 6.42. The van der Waals surface area contributed by atoms with Crippen LogP contribution in [0.4, 0.5) is 5.69 Å². The van der Waals surface area contributed by atoms with Gasteiger partial charge in [-0.1, -0.05) is 42.0 Å². The molecule has 3 unspecified atom stereocenters. The molecular weight excluding hydrogens is 310 g/mol. The molecule has 23 heavy (non-hydrogen) atoms. The maximum atomic E-state index is 9.84. The minimum atomic E-state index is 0.136. The SMILES string of the molecule is COc1cc(C2Nc3c(Cl)cccc3C3C=CCC32)ccc1O. The number of anilines is 1. The maximum absolute atomic E-state index is 9.84. The van der Waals surface area contributed by atoms with E-state index in [1.54, 1.807) is 13.2 Å². The molecule has 0 saturated heterocycles. The summed E-state index contributed by atoms with van der Waals surface area (Å²) in [4.78, 5) is 0. The van der Waals surface area contributed by atoms with E-state index in [1.165, 1.54) is 5.56 Å². The van der Waals surface area contributed by atoms with Crippen LogP contribution in [0.2, 0.25) is 5.02 Å². The van der Waals surface area contributed by atoms with Crippen LogP contribution in [0.25, 0.3) is 0 Å². The van der Waals surface area contributed by atoms with Crippen molar-refractivity contribution in [3.05, 3.63) is 64.7 Å². The number of phenolic OH excluding ortho intramolecular Hbond substituents is 1. The van der Waals surface area contributed by atoms with E-state index in [0.29, 0.717) is 17.6 Å². The molecule has 1 aliphatic carbocycles. The van der Waals surface area contributed by atoms with Crippen molar-refractivity contribution in [1.82, 2.24) is 0 Å². The third kappa shape index (κ3) is 2.27. The Hall–Kier alpha value is -2.13. The van der Waals surface area contributed by atoms with Crippen LogP contribution in [0.1, 0.15) is 29.5 Å². The van der Waals surface area contributed by atoms with Gasteiger partial charge >= 0.3 is 0 Å². The van der Waals surface area contributed by atoms with E-state index >= 15 is 0 Å². The van der Waals surface area contributed by atoms with E-state index < -0.39 is 0 Å². The Kier molecular flexibility index (Phi) is 3.46. The van der Waals surface area contributed by atoms with Crippen molar-refractivity contribution in [3.8, 4) is 11.5 Å². The van der Waals surface area contributed by atoms with Crippen LogP contribution in [-0.4, -0.2) is 12.2 Å². The lowest BCUT2D eigenvalue weighted by Crippen LogP contribution is -2.29. The van der Waals surface area contributed by atoms with Gasteiger partial charge in [-0.3, -0.25) is 0 Å². The lowest BCUT2D eigenvalue weighted by molar-refractivity contribution is 0.370. The largest absolute Gasteiger partial charge is 0.504 e. The molecule has 0 saturated carbocycles. The summed E-state index contributed by atoms with van der Waals surface area (Å²) < 4.78 is 5.26. The van der Waals surface area contributed by atoms with Gasteiger partial charge in [0.2, 0.25) is 0 Å². The Labute approximate surface area is 140 Å². The first kappa shape index (κ1) is 14.5. The third-order valence-corrected chi connectivity index (χ3v) is 5.22. The molecule has 4 heteroatoms. The summed E-state index contributed by atoms with van der Waals surface area (Å²) in [7, 11) is 1.57. The first-order valence-electron chi connectivity index (χ1n) is 7.77. The van der Waals surface area contributed by atoms with Crippen LogP contribution in [-0.2, 0) is 0 Å². The van der Waals surface area contributed by atoms with Gasteiger partial charge in [0.1, 0.15) is 0 Å². The monoisotopic (exact) mass is 327 g/mol. The molecule has 2 N–H and O–H groups in total. The average Bonchev–Trinajstić information content (AvgIpc) is 3.05. The molecule has 0 amide bonds. The highest BCUT2D eigenvalue weighted by Gasteiger charge is 2.38. The number of para-hydroxylation sites is 1. The van der Waals surface area contributed by atoms with Gasteiger partial charge in [0, 0.05) is 5.92 Å². The number of allylic oxidation sites excluding steroid dienone is 2. The van der Waals surface area contributed by atoms with Crippen molar-refractivity contribution in [1.29, 1.82) is 0 Å². The van der Waals surface area contributed by atoms with Gasteiger partial charge < -0.3 is 15.2 Å². The minimum absolute atomic E-state index is 0.136. The van der Waals surface area contributed by atoms with Gasteiger partial charge in [-0.15, -0.1) is 0 Å². The second-order valence-electron chi connectivity index (χ2n) is 6.11. The predicted molar refractivity (Wildman–Crippen MR) is 92.5 cm³/mol. The van der Waals surface area contributed by atoms with Gasteiger partial charge in [0.15, 0.2) is 11.5 Å². The molecule has 1 heterocycles. The molecule has 3 nitrogen and oxygen atoms in total. The number of methoxy groups -OCH3 is 1. The quantitative estimate of drug-likeness (QED) is 0.772. The fourth-order valence-corrected chi connectivity index (χ4v) is 4.04. The fourth-order valence-electron chi connectivity index (χ4n) is 3.80. The number of ether oxygens (including phenoxy) is 1. The number of rotatable bonds is 2. The zero-order valence-electron chi connectivity index (χ0n) is 12.8. The van der Waals surface area contributed by atoms with Gasteiger partial charge in [-0.2, -0.15) is 0 Å². The number of benzene rings is 2. The van der Waals surface area contributed by atoms with Crippen LogP contribution >= 0.6 is 11.6 Å². The Morgan fingerprint density at radius 2 is 2.13 bits per heavy atom. The van der Waals surface area contributed by atoms with Crippen LogP contribution in [0.15, 0.2) is 48.6 Å². The molecular formula is C19H18ClNO2. The van der Waals surface area contributed by atoms with Crippen molar-refractivity contribution in [3.63, 3.8) is 0 Å². The summed E-state index contributed by atoms with van der Waals surface area (Å²) in [5, 5.41) is 14.2. The number of hydrogen-bond acceptors (Lipinski definition) is 3. The van der Waals surface area contributed by atoms with Gasteiger partial charge in [-0.25, -0.2) is 0 Å². The Morgan fingerprint density at radius 3 is 2.96 bits per heavy atom. The predicted octanol–water partition coefficient (Wildman–Crippen LogP) is 4.88. The first-order chi connectivity index (χ1) is 11.2. The Balaban J connectivity index is 1.80.